The highest BCUT2D eigenvalue weighted by atomic mass is 16.7. The lowest BCUT2D eigenvalue weighted by Gasteiger charge is -2.40. The molecule has 1 fully saturated rings. The summed E-state index contributed by atoms with van der Waals surface area (Å²) in [7, 11) is 0. The van der Waals surface area contributed by atoms with Crippen LogP contribution in [0.2, 0.25) is 0 Å². The van der Waals surface area contributed by atoms with E-state index in [1.165, 1.54) is 173 Å². The standard InChI is InChI=1S/C70H123NO8/c1-3-5-7-9-11-13-15-17-19-21-23-25-27-29-31-32-34-35-37-39-41-43-45-47-49-51-53-55-57-59-64(73)63(62-78-70-69(77)68(76)67(75)65(61-72)79-70)71-66(74)60-58-56-54-52-50-48-46-44-42-40-38-36-33-30-28-26-24-22-20-18-16-14-12-10-8-6-4-2/h6,8,12,14,18,20,24,26,30,33,38,40,49,51,57,59,63-65,67-70,72-73,75-77H,3-5,7,9-11,13,15-17,19,21-23,25,27-29,31-32,34-37,39,41-48,50,52-56,58,60-62H2,1-2H3,(H,71,74)/b8-6-,14-12-,20-18-,26-24-,33-30-,40-38-,51-49+,59-57+. The van der Waals surface area contributed by atoms with Crippen LogP contribution >= 0.6 is 0 Å². The van der Waals surface area contributed by atoms with Gasteiger partial charge in [-0.1, -0.05) is 291 Å². The topological polar surface area (TPSA) is 149 Å². The fraction of sp³-hybridized carbons (Fsp3) is 0.757. The van der Waals surface area contributed by atoms with Gasteiger partial charge in [0.2, 0.25) is 5.91 Å². The van der Waals surface area contributed by atoms with Gasteiger partial charge in [-0.05, 0) is 83.5 Å². The highest BCUT2D eigenvalue weighted by Gasteiger charge is 2.44. The Morgan fingerprint density at radius 1 is 0.443 bits per heavy atom. The molecule has 0 aliphatic carbocycles. The molecule has 456 valence electrons. The first-order valence-electron chi connectivity index (χ1n) is 33.0. The summed E-state index contributed by atoms with van der Waals surface area (Å²) < 4.78 is 11.3. The number of amides is 1. The Morgan fingerprint density at radius 2 is 0.797 bits per heavy atom. The lowest BCUT2D eigenvalue weighted by Crippen LogP contribution is -2.60. The largest absolute Gasteiger partial charge is 0.394 e. The summed E-state index contributed by atoms with van der Waals surface area (Å²) in [5.74, 6) is -0.197. The van der Waals surface area contributed by atoms with Crippen molar-refractivity contribution in [3.8, 4) is 0 Å². The third-order valence-corrected chi connectivity index (χ3v) is 15.1. The molecule has 0 aromatic carbocycles. The van der Waals surface area contributed by atoms with Crippen molar-refractivity contribution in [2.45, 2.75) is 326 Å². The van der Waals surface area contributed by atoms with Crippen molar-refractivity contribution in [3.63, 3.8) is 0 Å². The van der Waals surface area contributed by atoms with Crippen molar-refractivity contribution < 1.29 is 39.8 Å². The van der Waals surface area contributed by atoms with Crippen LogP contribution in [0.25, 0.3) is 0 Å². The molecule has 7 atom stereocenters. The average molecular weight is 1110 g/mol. The van der Waals surface area contributed by atoms with Crippen LogP contribution in [-0.4, -0.2) is 87.5 Å². The summed E-state index contributed by atoms with van der Waals surface area (Å²) in [6, 6.07) is -0.835. The van der Waals surface area contributed by atoms with Crippen molar-refractivity contribution in [2.75, 3.05) is 13.2 Å². The van der Waals surface area contributed by atoms with Gasteiger partial charge in [0.15, 0.2) is 6.29 Å². The second-order valence-corrected chi connectivity index (χ2v) is 22.5. The SMILES string of the molecule is CC/C=C\C/C=C\C/C=C\C/C=C\C/C=C\C/C=C\CCCCCCCCCCC(=O)NC(COC1OC(CO)C(O)C(O)C1O)C(O)/C=C/CC/C=C/CCCCCCCCCCCCCCCCCCCCCCCCC. The minimum Gasteiger partial charge on any atom is -0.394 e. The highest BCUT2D eigenvalue weighted by Crippen LogP contribution is 2.23. The van der Waals surface area contributed by atoms with Gasteiger partial charge >= 0.3 is 0 Å². The van der Waals surface area contributed by atoms with Gasteiger partial charge < -0.3 is 40.3 Å². The zero-order chi connectivity index (χ0) is 57.2. The zero-order valence-corrected chi connectivity index (χ0v) is 50.9. The summed E-state index contributed by atoms with van der Waals surface area (Å²) >= 11 is 0. The fourth-order valence-corrected chi connectivity index (χ4v) is 10.0. The van der Waals surface area contributed by atoms with Crippen molar-refractivity contribution in [2.24, 2.45) is 0 Å². The molecule has 9 heteroatoms. The Kier molecular flexibility index (Phi) is 54.7. The van der Waals surface area contributed by atoms with Crippen LogP contribution in [0.3, 0.4) is 0 Å². The second kappa shape index (κ2) is 58.3. The molecule has 1 amide bonds. The Hall–Kier alpha value is -2.89. The van der Waals surface area contributed by atoms with E-state index >= 15 is 0 Å². The smallest absolute Gasteiger partial charge is 0.220 e. The Balaban J connectivity index is 2.21. The molecule has 0 radical (unpaired) electrons. The van der Waals surface area contributed by atoms with E-state index in [1.54, 1.807) is 6.08 Å². The first-order valence-corrected chi connectivity index (χ1v) is 33.0. The molecule has 0 aromatic rings. The lowest BCUT2D eigenvalue weighted by molar-refractivity contribution is -0.302. The zero-order valence-electron chi connectivity index (χ0n) is 50.9. The normalized spacial score (nSPS) is 19.2. The predicted octanol–water partition coefficient (Wildman–Crippen LogP) is 17.5. The molecule has 6 N–H and O–H groups in total. The molecule has 0 aromatic heterocycles. The predicted molar refractivity (Wildman–Crippen MR) is 336 cm³/mol. The molecule has 0 bridgehead atoms. The number of hydrogen-bond acceptors (Lipinski definition) is 8. The molecule has 1 saturated heterocycles. The van der Waals surface area contributed by atoms with Crippen LogP contribution in [0.5, 0.6) is 0 Å². The lowest BCUT2D eigenvalue weighted by atomic mass is 9.99. The van der Waals surface area contributed by atoms with E-state index in [-0.39, 0.29) is 12.5 Å². The van der Waals surface area contributed by atoms with Crippen LogP contribution in [0.1, 0.15) is 284 Å². The van der Waals surface area contributed by atoms with Crippen LogP contribution < -0.4 is 5.32 Å². The third kappa shape index (κ3) is 47.3. The number of nitrogens with one attached hydrogen (secondary N) is 1. The number of ether oxygens (including phenoxy) is 2. The van der Waals surface area contributed by atoms with Crippen molar-refractivity contribution in [3.05, 3.63) is 97.2 Å². The van der Waals surface area contributed by atoms with Gasteiger partial charge in [-0.25, -0.2) is 0 Å². The van der Waals surface area contributed by atoms with Gasteiger partial charge in [0.1, 0.15) is 24.4 Å². The van der Waals surface area contributed by atoms with E-state index in [1.807, 2.05) is 6.08 Å². The number of carbonyl (C=O) groups excluding carboxylic acids is 1. The van der Waals surface area contributed by atoms with Crippen LogP contribution in [-0.2, 0) is 14.3 Å². The van der Waals surface area contributed by atoms with E-state index in [0.717, 1.165) is 89.9 Å². The quantitative estimate of drug-likeness (QED) is 0.0261. The van der Waals surface area contributed by atoms with Crippen LogP contribution in [0, 0.1) is 0 Å². The average Bonchev–Trinajstić information content (AvgIpc) is 3.47. The fourth-order valence-electron chi connectivity index (χ4n) is 10.0. The van der Waals surface area contributed by atoms with Gasteiger partial charge in [-0.15, -0.1) is 0 Å². The van der Waals surface area contributed by atoms with E-state index in [2.05, 4.69) is 104 Å². The number of hydrogen-bond donors (Lipinski definition) is 6. The third-order valence-electron chi connectivity index (χ3n) is 15.1. The molecular formula is C70H123NO8. The van der Waals surface area contributed by atoms with Crippen molar-refractivity contribution in [1.29, 1.82) is 0 Å². The molecule has 1 rings (SSSR count). The van der Waals surface area contributed by atoms with Gasteiger partial charge in [0, 0.05) is 6.42 Å². The molecule has 7 unspecified atom stereocenters. The van der Waals surface area contributed by atoms with Crippen LogP contribution in [0.4, 0.5) is 0 Å². The number of allylic oxidation sites excluding steroid dienone is 15. The molecule has 1 aliphatic rings. The maximum Gasteiger partial charge on any atom is 0.220 e. The summed E-state index contributed by atoms with van der Waals surface area (Å²) in [6.45, 7) is 3.67. The molecule has 0 saturated carbocycles. The Labute approximate surface area is 485 Å². The molecule has 1 aliphatic heterocycles. The Morgan fingerprint density at radius 3 is 1.22 bits per heavy atom. The van der Waals surface area contributed by atoms with Gasteiger partial charge in [-0.3, -0.25) is 4.79 Å². The van der Waals surface area contributed by atoms with E-state index < -0.39 is 49.5 Å². The molecule has 0 spiro atoms. The summed E-state index contributed by atoms with van der Waals surface area (Å²) in [4.78, 5) is 13.1. The minimum atomic E-state index is -1.58. The maximum absolute atomic E-state index is 13.1. The van der Waals surface area contributed by atoms with Crippen LogP contribution in [0.15, 0.2) is 97.2 Å². The molecule has 1 heterocycles. The number of unbranched alkanes of at least 4 members (excludes halogenated alkanes) is 32. The van der Waals surface area contributed by atoms with Gasteiger partial charge in [0.25, 0.3) is 0 Å². The van der Waals surface area contributed by atoms with E-state index in [9.17, 15) is 30.3 Å². The van der Waals surface area contributed by atoms with E-state index in [4.69, 9.17) is 9.47 Å². The Bertz CT molecular complexity index is 1560. The number of aliphatic hydroxyl groups excluding tert-OH is 5. The first-order chi connectivity index (χ1) is 38.8. The minimum absolute atomic E-state index is 0.197. The van der Waals surface area contributed by atoms with E-state index in [0.29, 0.717) is 6.42 Å². The summed E-state index contributed by atoms with van der Waals surface area (Å²) in [5.41, 5.74) is 0. The van der Waals surface area contributed by atoms with Gasteiger partial charge in [-0.2, -0.15) is 0 Å². The number of carbonyl (C=O) groups is 1. The number of rotatable bonds is 56. The van der Waals surface area contributed by atoms with Crippen molar-refractivity contribution in [1.82, 2.24) is 5.32 Å². The second-order valence-electron chi connectivity index (χ2n) is 22.5. The van der Waals surface area contributed by atoms with Gasteiger partial charge in [0.05, 0.1) is 25.4 Å². The summed E-state index contributed by atoms with van der Waals surface area (Å²) in [5, 5.41) is 54.7. The maximum atomic E-state index is 13.1. The summed E-state index contributed by atoms with van der Waals surface area (Å²) in [6.07, 6.45) is 77.8. The molecule has 79 heavy (non-hydrogen) atoms. The molecule has 9 nitrogen and oxygen atoms in total. The first kappa shape index (κ1) is 74.1. The number of aliphatic hydroxyl groups is 5. The highest BCUT2D eigenvalue weighted by molar-refractivity contribution is 5.76. The van der Waals surface area contributed by atoms with Crippen molar-refractivity contribution >= 4 is 5.91 Å². The molecular weight excluding hydrogens is 983 g/mol. The monoisotopic (exact) mass is 1110 g/mol.